The van der Waals surface area contributed by atoms with Crippen molar-refractivity contribution in [2.45, 2.75) is 6.92 Å². The molecule has 0 aliphatic carbocycles. The summed E-state index contributed by atoms with van der Waals surface area (Å²) in [6, 6.07) is 10.5. The zero-order valence-electron chi connectivity index (χ0n) is 9.55. The fourth-order valence-electron chi connectivity index (χ4n) is 1.41. The monoisotopic (exact) mass is 355 g/mol. The van der Waals surface area contributed by atoms with Crippen LogP contribution in [0.3, 0.4) is 0 Å². The van der Waals surface area contributed by atoms with Gasteiger partial charge in [-0.1, -0.05) is 12.1 Å². The molecule has 1 aromatic heterocycles. The Morgan fingerprint density at radius 3 is 2.67 bits per heavy atom. The molecule has 0 aliphatic rings. The molecule has 0 radical (unpaired) electrons. The SMILES string of the molecule is Cc1ccc(C(=O)O)c(Oc2ccccc2I)n1. The van der Waals surface area contributed by atoms with E-state index in [0.717, 1.165) is 3.57 Å². The minimum Gasteiger partial charge on any atom is -0.477 e. The first-order valence-electron chi connectivity index (χ1n) is 5.21. The van der Waals surface area contributed by atoms with Crippen LogP contribution in [0.5, 0.6) is 11.6 Å². The normalized spacial score (nSPS) is 10.1. The highest BCUT2D eigenvalue weighted by Gasteiger charge is 2.14. The van der Waals surface area contributed by atoms with Crippen molar-refractivity contribution in [3.63, 3.8) is 0 Å². The molecule has 18 heavy (non-hydrogen) atoms. The van der Waals surface area contributed by atoms with E-state index in [-0.39, 0.29) is 11.4 Å². The van der Waals surface area contributed by atoms with Crippen LogP contribution in [0.4, 0.5) is 0 Å². The first-order chi connectivity index (χ1) is 8.58. The number of aromatic nitrogens is 1. The summed E-state index contributed by atoms with van der Waals surface area (Å²) in [5.41, 5.74) is 0.765. The Kier molecular flexibility index (Phi) is 3.81. The van der Waals surface area contributed by atoms with Gasteiger partial charge < -0.3 is 9.84 Å². The largest absolute Gasteiger partial charge is 0.477 e. The fraction of sp³-hybridized carbons (Fsp3) is 0.0769. The lowest BCUT2D eigenvalue weighted by molar-refractivity contribution is 0.0693. The van der Waals surface area contributed by atoms with Crippen molar-refractivity contribution in [2.75, 3.05) is 0 Å². The molecule has 1 N–H and O–H groups in total. The van der Waals surface area contributed by atoms with Crippen LogP contribution in [0.2, 0.25) is 0 Å². The Morgan fingerprint density at radius 1 is 1.28 bits per heavy atom. The van der Waals surface area contributed by atoms with Crippen LogP contribution in [0, 0.1) is 10.5 Å². The van der Waals surface area contributed by atoms with Crippen molar-refractivity contribution in [3.05, 3.63) is 51.2 Å². The molecule has 92 valence electrons. The topological polar surface area (TPSA) is 59.4 Å². The standard InChI is InChI=1S/C13H10INO3/c1-8-6-7-9(13(16)17)12(15-8)18-11-5-3-2-4-10(11)14/h2-7H,1H3,(H,16,17). The molecular formula is C13H10INO3. The van der Waals surface area contributed by atoms with E-state index in [1.54, 1.807) is 19.1 Å². The average Bonchev–Trinajstić information content (AvgIpc) is 2.32. The van der Waals surface area contributed by atoms with Gasteiger partial charge in [-0.15, -0.1) is 0 Å². The first-order valence-corrected chi connectivity index (χ1v) is 6.29. The number of para-hydroxylation sites is 1. The second-order valence-electron chi connectivity index (χ2n) is 3.64. The zero-order valence-corrected chi connectivity index (χ0v) is 11.7. The number of carbonyl (C=O) groups is 1. The first kappa shape index (κ1) is 12.8. The summed E-state index contributed by atoms with van der Waals surface area (Å²) in [7, 11) is 0. The number of pyridine rings is 1. The van der Waals surface area contributed by atoms with Gasteiger partial charge in [0.2, 0.25) is 5.88 Å². The molecular weight excluding hydrogens is 345 g/mol. The number of ether oxygens (including phenoxy) is 1. The molecule has 0 saturated heterocycles. The van der Waals surface area contributed by atoms with Crippen LogP contribution >= 0.6 is 22.6 Å². The molecule has 2 rings (SSSR count). The maximum Gasteiger partial charge on any atom is 0.341 e. The van der Waals surface area contributed by atoms with E-state index in [4.69, 9.17) is 9.84 Å². The van der Waals surface area contributed by atoms with E-state index in [0.29, 0.717) is 11.4 Å². The lowest BCUT2D eigenvalue weighted by atomic mass is 10.2. The molecule has 0 bridgehead atoms. The van der Waals surface area contributed by atoms with Crippen molar-refractivity contribution in [1.82, 2.24) is 4.98 Å². The molecule has 1 heterocycles. The second kappa shape index (κ2) is 5.34. The molecule has 4 nitrogen and oxygen atoms in total. The Bertz CT molecular complexity index is 599. The van der Waals surface area contributed by atoms with Gasteiger partial charge in [0.25, 0.3) is 0 Å². The molecule has 0 atom stereocenters. The number of benzene rings is 1. The number of carboxylic acids is 1. The Morgan fingerprint density at radius 2 is 2.00 bits per heavy atom. The highest BCUT2D eigenvalue weighted by molar-refractivity contribution is 14.1. The minimum absolute atomic E-state index is 0.0558. The quantitative estimate of drug-likeness (QED) is 0.857. The molecule has 0 aliphatic heterocycles. The number of carboxylic acid groups (broad SMARTS) is 1. The van der Waals surface area contributed by atoms with Gasteiger partial charge in [0, 0.05) is 5.69 Å². The van der Waals surface area contributed by atoms with Gasteiger partial charge in [-0.05, 0) is 53.8 Å². The van der Waals surface area contributed by atoms with Gasteiger partial charge in [0.1, 0.15) is 11.3 Å². The van der Waals surface area contributed by atoms with Crippen molar-refractivity contribution < 1.29 is 14.6 Å². The Labute approximate surface area is 118 Å². The zero-order chi connectivity index (χ0) is 13.1. The smallest absolute Gasteiger partial charge is 0.341 e. The number of aryl methyl sites for hydroxylation is 1. The third-order valence-corrected chi connectivity index (χ3v) is 3.16. The maximum absolute atomic E-state index is 11.1. The number of nitrogens with zero attached hydrogens (tertiary/aromatic N) is 1. The lowest BCUT2D eigenvalue weighted by Gasteiger charge is -2.09. The highest BCUT2D eigenvalue weighted by Crippen LogP contribution is 2.27. The van der Waals surface area contributed by atoms with Crippen LogP contribution in [0.25, 0.3) is 0 Å². The van der Waals surface area contributed by atoms with Crippen molar-refractivity contribution >= 4 is 28.6 Å². The lowest BCUT2D eigenvalue weighted by Crippen LogP contribution is -2.03. The van der Waals surface area contributed by atoms with Crippen LogP contribution in [0.1, 0.15) is 16.1 Å². The van der Waals surface area contributed by atoms with E-state index >= 15 is 0 Å². The summed E-state index contributed by atoms with van der Waals surface area (Å²) in [5.74, 6) is -0.339. The van der Waals surface area contributed by atoms with Crippen LogP contribution in [0.15, 0.2) is 36.4 Å². The molecule has 0 fully saturated rings. The van der Waals surface area contributed by atoms with Gasteiger partial charge >= 0.3 is 5.97 Å². The summed E-state index contributed by atoms with van der Waals surface area (Å²) in [4.78, 5) is 15.2. The number of rotatable bonds is 3. The Hall–Kier alpha value is -1.63. The predicted octanol–water partition coefficient (Wildman–Crippen LogP) is 3.49. The van der Waals surface area contributed by atoms with E-state index in [1.807, 2.05) is 18.2 Å². The van der Waals surface area contributed by atoms with E-state index < -0.39 is 5.97 Å². The Balaban J connectivity index is 2.42. The molecule has 5 heteroatoms. The highest BCUT2D eigenvalue weighted by atomic mass is 127. The second-order valence-corrected chi connectivity index (χ2v) is 4.81. The third kappa shape index (κ3) is 2.79. The number of aromatic carboxylic acids is 1. The summed E-state index contributed by atoms with van der Waals surface area (Å²) in [5, 5.41) is 9.08. The average molecular weight is 355 g/mol. The fourth-order valence-corrected chi connectivity index (χ4v) is 1.90. The number of hydrogen-bond acceptors (Lipinski definition) is 3. The van der Waals surface area contributed by atoms with Gasteiger partial charge in [-0.2, -0.15) is 0 Å². The predicted molar refractivity (Wildman–Crippen MR) is 75.2 cm³/mol. The summed E-state index contributed by atoms with van der Waals surface area (Å²) in [6.45, 7) is 1.79. The van der Waals surface area contributed by atoms with Crippen LogP contribution < -0.4 is 4.74 Å². The molecule has 0 amide bonds. The van der Waals surface area contributed by atoms with E-state index in [9.17, 15) is 4.79 Å². The van der Waals surface area contributed by atoms with E-state index in [2.05, 4.69) is 27.6 Å². The summed E-state index contributed by atoms with van der Waals surface area (Å²) >= 11 is 2.12. The van der Waals surface area contributed by atoms with Gasteiger partial charge in [0.15, 0.2) is 0 Å². The van der Waals surface area contributed by atoms with Crippen LogP contribution in [-0.2, 0) is 0 Å². The summed E-state index contributed by atoms with van der Waals surface area (Å²) in [6.07, 6.45) is 0. The van der Waals surface area contributed by atoms with Crippen molar-refractivity contribution in [2.24, 2.45) is 0 Å². The van der Waals surface area contributed by atoms with Gasteiger partial charge in [-0.25, -0.2) is 9.78 Å². The summed E-state index contributed by atoms with van der Waals surface area (Å²) < 4.78 is 6.48. The molecule has 2 aromatic rings. The molecule has 0 unspecified atom stereocenters. The third-order valence-electron chi connectivity index (χ3n) is 2.27. The van der Waals surface area contributed by atoms with Crippen molar-refractivity contribution in [3.8, 4) is 11.6 Å². The molecule has 0 spiro atoms. The van der Waals surface area contributed by atoms with E-state index in [1.165, 1.54) is 6.07 Å². The maximum atomic E-state index is 11.1. The van der Waals surface area contributed by atoms with Crippen LogP contribution in [-0.4, -0.2) is 16.1 Å². The molecule has 1 aromatic carbocycles. The number of halogens is 1. The minimum atomic E-state index is -1.05. The van der Waals surface area contributed by atoms with Gasteiger partial charge in [0.05, 0.1) is 3.57 Å². The number of hydrogen-bond donors (Lipinski definition) is 1. The van der Waals surface area contributed by atoms with Crippen molar-refractivity contribution in [1.29, 1.82) is 0 Å². The van der Waals surface area contributed by atoms with Gasteiger partial charge in [-0.3, -0.25) is 0 Å². The molecule has 0 saturated carbocycles.